The van der Waals surface area contributed by atoms with Gasteiger partial charge in [-0.05, 0) is 91.3 Å². The lowest BCUT2D eigenvalue weighted by Gasteiger charge is -2.58. The number of allylic oxidation sites excluding steroid dienone is 1. The summed E-state index contributed by atoms with van der Waals surface area (Å²) in [5, 5.41) is 2.62. The monoisotopic (exact) mass is 429 g/mol. The molecule has 3 saturated carbocycles. The van der Waals surface area contributed by atoms with Gasteiger partial charge in [0.2, 0.25) is 0 Å². The Bertz CT molecular complexity index is 699. The van der Waals surface area contributed by atoms with Crippen molar-refractivity contribution in [1.29, 1.82) is 0 Å². The minimum absolute atomic E-state index is 0.0577. The number of amides is 1. The van der Waals surface area contributed by atoms with Gasteiger partial charge in [0.25, 0.3) is 0 Å². The average Bonchev–Trinajstić information content (AvgIpc) is 3.09. The zero-order valence-electron chi connectivity index (χ0n) is 21.0. The highest BCUT2D eigenvalue weighted by molar-refractivity contribution is 5.66. The number of fused-ring (bicyclic) bond motifs is 5. The van der Waals surface area contributed by atoms with Crippen LogP contribution in [0.25, 0.3) is 0 Å². The van der Waals surface area contributed by atoms with Crippen molar-refractivity contribution in [3.8, 4) is 0 Å². The summed E-state index contributed by atoms with van der Waals surface area (Å²) in [7, 11) is 1.65. The third-order valence-electron chi connectivity index (χ3n) is 10.5. The van der Waals surface area contributed by atoms with Crippen LogP contribution in [-0.2, 0) is 4.74 Å². The second kappa shape index (κ2) is 8.75. The van der Waals surface area contributed by atoms with Gasteiger partial charge in [-0.15, -0.1) is 0 Å². The lowest BCUT2D eigenvalue weighted by Crippen LogP contribution is -2.51. The van der Waals surface area contributed by atoms with E-state index in [1.165, 1.54) is 51.4 Å². The molecule has 0 aliphatic heterocycles. The first-order valence-electron chi connectivity index (χ1n) is 13.3. The van der Waals surface area contributed by atoms with Crippen LogP contribution in [0.2, 0.25) is 0 Å². The Balaban J connectivity index is 1.48. The number of rotatable bonds is 5. The van der Waals surface area contributed by atoms with Crippen molar-refractivity contribution in [3.63, 3.8) is 0 Å². The van der Waals surface area contributed by atoms with E-state index in [4.69, 9.17) is 4.74 Å². The summed E-state index contributed by atoms with van der Waals surface area (Å²) in [6, 6.07) is 0. The number of nitrogens with one attached hydrogen (secondary N) is 1. The summed E-state index contributed by atoms with van der Waals surface area (Å²) in [6.45, 7) is 12.5. The first-order valence-corrected chi connectivity index (χ1v) is 13.3. The smallest absolute Gasteiger partial charge is 0.407 e. The molecule has 0 aromatic heterocycles. The molecule has 1 amide bonds. The van der Waals surface area contributed by atoms with Crippen LogP contribution >= 0.6 is 0 Å². The lowest BCUT2D eigenvalue weighted by atomic mass is 9.47. The van der Waals surface area contributed by atoms with Gasteiger partial charge in [0.1, 0.15) is 6.10 Å². The molecule has 0 aromatic carbocycles. The standard InChI is InChI=1S/C28H47NO2/c1-18(2)7-8-19(3)23-11-12-24-22-10-9-20-17-21(31-26(30)29-6)13-15-27(20,4)25(22)14-16-28(23,24)5/h9,18-19,21-25H,7-8,10-17H2,1-6H3,(H,29,30). The fraction of sp³-hybridized carbons (Fsp3) is 0.893. The molecule has 176 valence electrons. The lowest BCUT2D eigenvalue weighted by molar-refractivity contribution is -0.0581. The van der Waals surface area contributed by atoms with Gasteiger partial charge in [0.15, 0.2) is 0 Å². The number of carbonyl (C=O) groups is 1. The Morgan fingerprint density at radius 3 is 2.58 bits per heavy atom. The third-order valence-corrected chi connectivity index (χ3v) is 10.5. The molecule has 8 unspecified atom stereocenters. The van der Waals surface area contributed by atoms with E-state index in [2.05, 4.69) is 46.0 Å². The van der Waals surface area contributed by atoms with Crippen molar-refractivity contribution < 1.29 is 9.53 Å². The first kappa shape index (κ1) is 23.2. The summed E-state index contributed by atoms with van der Waals surface area (Å²) in [4.78, 5) is 11.7. The Hall–Kier alpha value is -0.990. The summed E-state index contributed by atoms with van der Waals surface area (Å²) in [5.74, 6) is 5.23. The van der Waals surface area contributed by atoms with Crippen LogP contribution < -0.4 is 5.32 Å². The van der Waals surface area contributed by atoms with Gasteiger partial charge < -0.3 is 10.1 Å². The zero-order chi connectivity index (χ0) is 22.4. The molecule has 0 heterocycles. The molecule has 0 saturated heterocycles. The van der Waals surface area contributed by atoms with E-state index >= 15 is 0 Å². The van der Waals surface area contributed by atoms with E-state index in [1.807, 2.05) is 0 Å². The molecular formula is C28H47NO2. The van der Waals surface area contributed by atoms with Crippen molar-refractivity contribution in [2.45, 2.75) is 105 Å². The number of hydrogen-bond acceptors (Lipinski definition) is 2. The fourth-order valence-corrected chi connectivity index (χ4v) is 8.71. The number of alkyl carbamates (subject to hydrolysis) is 1. The Morgan fingerprint density at radius 1 is 1.10 bits per heavy atom. The number of ether oxygens (including phenoxy) is 1. The maximum absolute atomic E-state index is 11.7. The third kappa shape index (κ3) is 4.08. The molecule has 1 N–H and O–H groups in total. The molecule has 3 fully saturated rings. The Morgan fingerprint density at radius 2 is 1.87 bits per heavy atom. The normalized spacial score (nSPS) is 42.8. The van der Waals surface area contributed by atoms with E-state index < -0.39 is 0 Å². The van der Waals surface area contributed by atoms with Gasteiger partial charge in [-0.1, -0.05) is 59.1 Å². The molecule has 4 aliphatic rings. The Kier molecular flexibility index (Phi) is 6.54. The first-order chi connectivity index (χ1) is 14.7. The summed E-state index contributed by atoms with van der Waals surface area (Å²) >= 11 is 0. The van der Waals surface area contributed by atoms with Gasteiger partial charge in [0.05, 0.1) is 0 Å². The van der Waals surface area contributed by atoms with Crippen LogP contribution in [0.1, 0.15) is 98.8 Å². The predicted octanol–water partition coefficient (Wildman–Crippen LogP) is 7.36. The van der Waals surface area contributed by atoms with Crippen molar-refractivity contribution in [2.75, 3.05) is 7.05 Å². The molecule has 3 heteroatoms. The second-order valence-corrected chi connectivity index (χ2v) is 12.5. The average molecular weight is 430 g/mol. The van der Waals surface area contributed by atoms with E-state index in [-0.39, 0.29) is 12.2 Å². The van der Waals surface area contributed by atoms with Crippen LogP contribution in [-0.4, -0.2) is 19.2 Å². The molecule has 8 atom stereocenters. The highest BCUT2D eigenvalue weighted by Gasteiger charge is 2.59. The highest BCUT2D eigenvalue weighted by atomic mass is 16.6. The molecule has 4 aliphatic carbocycles. The molecule has 0 aromatic rings. The topological polar surface area (TPSA) is 38.3 Å². The minimum atomic E-state index is -0.278. The van der Waals surface area contributed by atoms with Crippen LogP contribution in [0.15, 0.2) is 11.6 Å². The number of carbonyl (C=O) groups excluding carboxylic acids is 1. The van der Waals surface area contributed by atoms with Crippen molar-refractivity contribution in [3.05, 3.63) is 11.6 Å². The van der Waals surface area contributed by atoms with Crippen molar-refractivity contribution >= 4 is 6.09 Å². The largest absolute Gasteiger partial charge is 0.446 e. The van der Waals surface area contributed by atoms with Gasteiger partial charge in [-0.25, -0.2) is 4.79 Å². The molecule has 0 spiro atoms. The molecule has 0 radical (unpaired) electrons. The summed E-state index contributed by atoms with van der Waals surface area (Å²) < 4.78 is 5.65. The van der Waals surface area contributed by atoms with E-state index in [9.17, 15) is 4.79 Å². The quantitative estimate of drug-likeness (QED) is 0.463. The minimum Gasteiger partial charge on any atom is -0.446 e. The predicted molar refractivity (Wildman–Crippen MR) is 128 cm³/mol. The van der Waals surface area contributed by atoms with Gasteiger partial charge in [-0.2, -0.15) is 0 Å². The van der Waals surface area contributed by atoms with E-state index in [0.29, 0.717) is 10.8 Å². The van der Waals surface area contributed by atoms with Gasteiger partial charge in [-0.3, -0.25) is 0 Å². The summed E-state index contributed by atoms with van der Waals surface area (Å²) in [5.41, 5.74) is 2.48. The maximum atomic E-state index is 11.7. The maximum Gasteiger partial charge on any atom is 0.407 e. The molecule has 31 heavy (non-hydrogen) atoms. The fourth-order valence-electron chi connectivity index (χ4n) is 8.71. The van der Waals surface area contributed by atoms with Crippen LogP contribution in [0.5, 0.6) is 0 Å². The zero-order valence-corrected chi connectivity index (χ0v) is 21.0. The van der Waals surface area contributed by atoms with Crippen LogP contribution in [0.3, 0.4) is 0 Å². The van der Waals surface area contributed by atoms with E-state index in [1.54, 1.807) is 12.6 Å². The SMILES string of the molecule is CNC(=O)OC1CCC2(C)C(=CCC3C2CCC2(C)C(C(C)CCC(C)C)CCC32)C1. The number of hydrogen-bond donors (Lipinski definition) is 1. The van der Waals surface area contributed by atoms with E-state index in [0.717, 1.165) is 48.3 Å². The highest BCUT2D eigenvalue weighted by Crippen LogP contribution is 2.67. The van der Waals surface area contributed by atoms with Gasteiger partial charge in [0, 0.05) is 13.5 Å². The second-order valence-electron chi connectivity index (χ2n) is 12.5. The van der Waals surface area contributed by atoms with Crippen molar-refractivity contribution in [1.82, 2.24) is 5.32 Å². The summed E-state index contributed by atoms with van der Waals surface area (Å²) in [6.07, 6.45) is 15.3. The molecular weight excluding hydrogens is 382 g/mol. The molecule has 0 bridgehead atoms. The Labute approximate surface area is 191 Å². The van der Waals surface area contributed by atoms with Gasteiger partial charge >= 0.3 is 6.09 Å². The van der Waals surface area contributed by atoms with Crippen LogP contribution in [0, 0.1) is 46.3 Å². The molecule has 4 rings (SSSR count). The molecule has 3 nitrogen and oxygen atoms in total. The van der Waals surface area contributed by atoms with Crippen molar-refractivity contribution in [2.24, 2.45) is 46.3 Å². The van der Waals surface area contributed by atoms with Crippen LogP contribution in [0.4, 0.5) is 4.79 Å².